The van der Waals surface area contributed by atoms with Crippen molar-refractivity contribution in [3.05, 3.63) is 65.5 Å². The standard InChI is InChI=1S/C21H21F3O2/c1-3-4-13-5-10-19(26-12-13)17-9-8-16(20(23)21(17)24)15-7-6-14(25-2)11-18(15)22/h3-4,6-9,11,13,19H,5,10,12H2,1-2H3/b4-3+. The van der Waals surface area contributed by atoms with Gasteiger partial charge in [-0.25, -0.2) is 13.2 Å². The fraction of sp³-hybridized carbons (Fsp3) is 0.333. The van der Waals surface area contributed by atoms with Gasteiger partial charge in [0.1, 0.15) is 11.6 Å². The molecular weight excluding hydrogens is 341 g/mol. The smallest absolute Gasteiger partial charge is 0.167 e. The summed E-state index contributed by atoms with van der Waals surface area (Å²) in [6.45, 7) is 2.42. The number of rotatable bonds is 4. The Balaban J connectivity index is 1.88. The summed E-state index contributed by atoms with van der Waals surface area (Å²) in [6, 6.07) is 6.92. The number of hydrogen-bond acceptors (Lipinski definition) is 2. The van der Waals surface area contributed by atoms with E-state index in [-0.39, 0.29) is 16.7 Å². The van der Waals surface area contributed by atoms with Gasteiger partial charge in [0, 0.05) is 28.7 Å². The summed E-state index contributed by atoms with van der Waals surface area (Å²) in [5.41, 5.74) is 0.0552. The van der Waals surface area contributed by atoms with E-state index in [0.717, 1.165) is 12.5 Å². The number of methoxy groups -OCH3 is 1. The van der Waals surface area contributed by atoms with Crippen LogP contribution in [0.4, 0.5) is 13.2 Å². The fourth-order valence-electron chi connectivity index (χ4n) is 3.30. The maximum atomic E-state index is 14.6. The Morgan fingerprint density at radius 3 is 2.42 bits per heavy atom. The molecule has 1 saturated heterocycles. The molecule has 0 aliphatic carbocycles. The Morgan fingerprint density at radius 2 is 1.81 bits per heavy atom. The van der Waals surface area contributed by atoms with Gasteiger partial charge in [0.2, 0.25) is 0 Å². The van der Waals surface area contributed by atoms with Gasteiger partial charge < -0.3 is 9.47 Å². The second-order valence-corrected chi connectivity index (χ2v) is 6.36. The molecule has 2 aromatic carbocycles. The molecule has 0 radical (unpaired) electrons. The van der Waals surface area contributed by atoms with E-state index in [4.69, 9.17) is 9.47 Å². The highest BCUT2D eigenvalue weighted by Crippen LogP contribution is 2.36. The quantitative estimate of drug-likeness (QED) is 0.638. The van der Waals surface area contributed by atoms with Crippen LogP contribution in [0.2, 0.25) is 0 Å². The van der Waals surface area contributed by atoms with Gasteiger partial charge in [-0.05, 0) is 31.9 Å². The van der Waals surface area contributed by atoms with Crippen molar-refractivity contribution in [2.75, 3.05) is 13.7 Å². The summed E-state index contributed by atoms with van der Waals surface area (Å²) in [5, 5.41) is 0. The topological polar surface area (TPSA) is 18.5 Å². The molecule has 0 bridgehead atoms. The van der Waals surface area contributed by atoms with Crippen LogP contribution in [0.25, 0.3) is 11.1 Å². The van der Waals surface area contributed by atoms with E-state index in [9.17, 15) is 13.2 Å². The first-order valence-corrected chi connectivity index (χ1v) is 8.61. The van der Waals surface area contributed by atoms with Crippen LogP contribution < -0.4 is 4.74 Å². The van der Waals surface area contributed by atoms with E-state index < -0.39 is 23.6 Å². The zero-order valence-electron chi connectivity index (χ0n) is 14.8. The van der Waals surface area contributed by atoms with Crippen molar-refractivity contribution in [2.24, 2.45) is 5.92 Å². The molecule has 2 unspecified atom stereocenters. The van der Waals surface area contributed by atoms with Gasteiger partial charge in [0.25, 0.3) is 0 Å². The highest BCUT2D eigenvalue weighted by molar-refractivity contribution is 5.66. The van der Waals surface area contributed by atoms with Gasteiger partial charge in [-0.1, -0.05) is 24.3 Å². The predicted molar refractivity (Wildman–Crippen MR) is 94.5 cm³/mol. The van der Waals surface area contributed by atoms with Gasteiger partial charge in [-0.2, -0.15) is 0 Å². The Morgan fingerprint density at radius 1 is 1.04 bits per heavy atom. The van der Waals surface area contributed by atoms with Gasteiger partial charge in [0.05, 0.1) is 19.8 Å². The van der Waals surface area contributed by atoms with E-state index in [1.807, 2.05) is 13.0 Å². The third kappa shape index (κ3) is 3.63. The highest BCUT2D eigenvalue weighted by Gasteiger charge is 2.26. The van der Waals surface area contributed by atoms with E-state index in [2.05, 4.69) is 6.08 Å². The molecule has 1 fully saturated rings. The fourth-order valence-corrected chi connectivity index (χ4v) is 3.30. The zero-order valence-corrected chi connectivity index (χ0v) is 14.8. The van der Waals surface area contributed by atoms with Crippen molar-refractivity contribution in [1.82, 2.24) is 0 Å². The predicted octanol–water partition coefficient (Wildman–Crippen LogP) is 5.82. The Kier molecular flexibility index (Phi) is 5.67. The Hall–Kier alpha value is -2.27. The minimum atomic E-state index is -1.06. The van der Waals surface area contributed by atoms with E-state index >= 15 is 0 Å². The zero-order chi connectivity index (χ0) is 18.7. The summed E-state index contributed by atoms with van der Waals surface area (Å²) in [4.78, 5) is 0. The lowest BCUT2D eigenvalue weighted by molar-refractivity contribution is -0.00743. The van der Waals surface area contributed by atoms with Crippen LogP contribution in [-0.4, -0.2) is 13.7 Å². The van der Waals surface area contributed by atoms with E-state index in [1.165, 1.54) is 31.4 Å². The first-order chi connectivity index (χ1) is 12.5. The van der Waals surface area contributed by atoms with Crippen molar-refractivity contribution >= 4 is 0 Å². The third-order valence-electron chi connectivity index (χ3n) is 4.70. The summed E-state index contributed by atoms with van der Waals surface area (Å²) >= 11 is 0. The SMILES string of the molecule is C/C=C/C1CCC(c2ccc(-c3ccc(OC)cc3F)c(F)c2F)OC1. The molecule has 0 saturated carbocycles. The molecule has 3 rings (SSSR count). The van der Waals surface area contributed by atoms with Crippen molar-refractivity contribution in [3.63, 3.8) is 0 Å². The molecule has 1 aliphatic rings. The largest absolute Gasteiger partial charge is 0.497 e. The lowest BCUT2D eigenvalue weighted by atomic mass is 9.92. The molecule has 1 aliphatic heterocycles. The monoisotopic (exact) mass is 362 g/mol. The van der Waals surface area contributed by atoms with Crippen LogP contribution in [-0.2, 0) is 4.74 Å². The van der Waals surface area contributed by atoms with Crippen molar-refractivity contribution < 1.29 is 22.6 Å². The first kappa shape index (κ1) is 18.5. The number of allylic oxidation sites excluding steroid dienone is 1. The Labute approximate surface area is 151 Å². The van der Waals surface area contributed by atoms with Gasteiger partial charge in [0.15, 0.2) is 11.6 Å². The summed E-state index contributed by atoms with van der Waals surface area (Å²) < 4.78 is 54.1. The molecule has 0 amide bonds. The molecule has 2 atom stereocenters. The molecule has 2 nitrogen and oxygen atoms in total. The van der Waals surface area contributed by atoms with Gasteiger partial charge in [-0.3, -0.25) is 0 Å². The van der Waals surface area contributed by atoms with Gasteiger partial charge in [-0.15, -0.1) is 0 Å². The summed E-state index contributed by atoms with van der Waals surface area (Å²) in [5.74, 6) is -2.09. The molecule has 0 N–H and O–H groups in total. The van der Waals surface area contributed by atoms with Crippen LogP contribution in [0, 0.1) is 23.4 Å². The number of ether oxygens (including phenoxy) is 2. The molecular formula is C21H21F3O2. The normalized spacial score (nSPS) is 20.5. The number of hydrogen-bond donors (Lipinski definition) is 0. The molecule has 5 heteroatoms. The minimum absolute atomic E-state index is 0.00791. The van der Waals surface area contributed by atoms with Crippen LogP contribution in [0.3, 0.4) is 0 Å². The number of benzene rings is 2. The first-order valence-electron chi connectivity index (χ1n) is 8.61. The summed E-state index contributed by atoms with van der Waals surface area (Å²) in [7, 11) is 1.41. The molecule has 0 aromatic heterocycles. The second-order valence-electron chi connectivity index (χ2n) is 6.36. The van der Waals surface area contributed by atoms with Gasteiger partial charge >= 0.3 is 0 Å². The van der Waals surface area contributed by atoms with Crippen LogP contribution in [0.5, 0.6) is 5.75 Å². The lowest BCUT2D eigenvalue weighted by Crippen LogP contribution is -2.20. The molecule has 0 spiro atoms. The maximum absolute atomic E-state index is 14.6. The number of halogens is 3. The van der Waals surface area contributed by atoms with Crippen molar-refractivity contribution in [2.45, 2.75) is 25.9 Å². The average Bonchev–Trinajstić information content (AvgIpc) is 2.65. The average molecular weight is 362 g/mol. The molecule has 1 heterocycles. The molecule has 2 aromatic rings. The Bertz CT molecular complexity index is 809. The highest BCUT2D eigenvalue weighted by atomic mass is 19.2. The maximum Gasteiger partial charge on any atom is 0.167 e. The third-order valence-corrected chi connectivity index (χ3v) is 4.70. The molecule has 26 heavy (non-hydrogen) atoms. The molecule has 138 valence electrons. The minimum Gasteiger partial charge on any atom is -0.497 e. The van der Waals surface area contributed by atoms with Crippen LogP contribution >= 0.6 is 0 Å². The van der Waals surface area contributed by atoms with Crippen LogP contribution in [0.15, 0.2) is 42.5 Å². The van der Waals surface area contributed by atoms with Crippen molar-refractivity contribution in [1.29, 1.82) is 0 Å². The lowest BCUT2D eigenvalue weighted by Gasteiger charge is -2.28. The van der Waals surface area contributed by atoms with Crippen molar-refractivity contribution in [3.8, 4) is 16.9 Å². The van der Waals surface area contributed by atoms with Crippen LogP contribution in [0.1, 0.15) is 31.4 Å². The van der Waals surface area contributed by atoms with E-state index in [1.54, 1.807) is 0 Å². The second kappa shape index (κ2) is 7.96. The van der Waals surface area contributed by atoms with E-state index in [0.29, 0.717) is 24.7 Å². The summed E-state index contributed by atoms with van der Waals surface area (Å²) in [6.07, 6.45) is 5.00.